The highest BCUT2D eigenvalue weighted by atomic mass is 16.2. The average Bonchev–Trinajstić information content (AvgIpc) is 3.47. The van der Waals surface area contributed by atoms with Crippen LogP contribution in [-0.4, -0.2) is 52.8 Å². The molecule has 6 heteroatoms. The summed E-state index contributed by atoms with van der Waals surface area (Å²) in [6.07, 6.45) is 2.76. The van der Waals surface area contributed by atoms with Gasteiger partial charge in [-0.25, -0.2) is 0 Å². The third kappa shape index (κ3) is 3.23. The zero-order valence-corrected chi connectivity index (χ0v) is 15.0. The van der Waals surface area contributed by atoms with E-state index in [-0.39, 0.29) is 23.3 Å². The highest BCUT2D eigenvalue weighted by Gasteiger charge is 2.34. The van der Waals surface area contributed by atoms with Crippen molar-refractivity contribution in [3.05, 3.63) is 45.7 Å². The predicted molar refractivity (Wildman–Crippen MR) is 99.1 cm³/mol. The van der Waals surface area contributed by atoms with Gasteiger partial charge >= 0.3 is 0 Å². The summed E-state index contributed by atoms with van der Waals surface area (Å²) in [5.41, 5.74) is 1.88. The minimum atomic E-state index is -0.273. The maximum atomic E-state index is 13.1. The quantitative estimate of drug-likeness (QED) is 0.896. The second-order valence-corrected chi connectivity index (χ2v) is 7.34. The highest BCUT2D eigenvalue weighted by Crippen LogP contribution is 2.31. The molecule has 1 saturated heterocycles. The summed E-state index contributed by atoms with van der Waals surface area (Å²) < 4.78 is 0. The molecule has 6 nitrogen and oxygen atoms in total. The second-order valence-electron chi connectivity index (χ2n) is 7.34. The van der Waals surface area contributed by atoms with Gasteiger partial charge < -0.3 is 14.8 Å². The van der Waals surface area contributed by atoms with E-state index in [4.69, 9.17) is 0 Å². The topological polar surface area (TPSA) is 73.5 Å². The van der Waals surface area contributed by atoms with Crippen LogP contribution in [0.3, 0.4) is 0 Å². The van der Waals surface area contributed by atoms with Gasteiger partial charge in [-0.3, -0.25) is 14.4 Å². The number of rotatable bonds is 2. The zero-order valence-electron chi connectivity index (χ0n) is 15.0. The minimum absolute atomic E-state index is 0.132. The van der Waals surface area contributed by atoms with Gasteiger partial charge in [-0.2, -0.15) is 0 Å². The molecule has 136 valence electrons. The molecule has 1 aliphatic heterocycles. The number of benzene rings is 1. The fraction of sp³-hybridized carbons (Fsp3) is 0.450. The van der Waals surface area contributed by atoms with Crippen LogP contribution < -0.4 is 5.56 Å². The van der Waals surface area contributed by atoms with Gasteiger partial charge in [0.1, 0.15) is 0 Å². The molecule has 26 heavy (non-hydrogen) atoms. The number of H-pyrrole nitrogens is 1. The zero-order chi connectivity index (χ0) is 18.3. The molecular formula is C20H23N3O3. The minimum Gasteiger partial charge on any atom is -0.341 e. The van der Waals surface area contributed by atoms with Crippen molar-refractivity contribution >= 4 is 22.7 Å². The van der Waals surface area contributed by atoms with E-state index in [1.54, 1.807) is 4.90 Å². The van der Waals surface area contributed by atoms with Crippen molar-refractivity contribution in [2.24, 2.45) is 5.92 Å². The molecule has 0 atom stereocenters. The smallest absolute Gasteiger partial charge is 0.254 e. The van der Waals surface area contributed by atoms with E-state index in [1.165, 1.54) is 6.07 Å². The summed E-state index contributed by atoms with van der Waals surface area (Å²) in [6, 6.07) is 7.07. The van der Waals surface area contributed by atoms with Crippen LogP contribution in [0.2, 0.25) is 0 Å². The summed E-state index contributed by atoms with van der Waals surface area (Å²) in [4.78, 5) is 43.9. The molecule has 2 amide bonds. The van der Waals surface area contributed by atoms with Crippen molar-refractivity contribution < 1.29 is 9.59 Å². The monoisotopic (exact) mass is 353 g/mol. The van der Waals surface area contributed by atoms with Crippen molar-refractivity contribution in [1.82, 2.24) is 14.8 Å². The Labute approximate surface area is 151 Å². The number of nitrogens with one attached hydrogen (secondary N) is 1. The standard InChI is InChI=1S/C20H23N3O3/c1-13-3-6-17-15(11-13)16(12-18(24)21-17)20(26)23-8-2-7-22(9-10-23)19(25)14-4-5-14/h3,6,11-12,14H,2,4-5,7-10H2,1H3,(H,21,24). The SMILES string of the molecule is Cc1ccc2[nH]c(=O)cc(C(=O)N3CCCN(C(=O)C4CC4)CC3)c2c1. The second kappa shape index (κ2) is 6.59. The third-order valence-electron chi connectivity index (χ3n) is 5.25. The Morgan fingerprint density at radius 2 is 1.77 bits per heavy atom. The molecule has 2 aromatic rings. The Balaban J connectivity index is 1.59. The Morgan fingerprint density at radius 3 is 2.54 bits per heavy atom. The molecule has 2 aliphatic rings. The van der Waals surface area contributed by atoms with Crippen molar-refractivity contribution in [1.29, 1.82) is 0 Å². The van der Waals surface area contributed by atoms with E-state index >= 15 is 0 Å². The van der Waals surface area contributed by atoms with Gasteiger partial charge in [0.05, 0.1) is 5.56 Å². The first kappa shape index (κ1) is 16.8. The fourth-order valence-corrected chi connectivity index (χ4v) is 3.64. The van der Waals surface area contributed by atoms with Crippen LogP contribution in [-0.2, 0) is 4.79 Å². The molecule has 1 N–H and O–H groups in total. The summed E-state index contributed by atoms with van der Waals surface area (Å²) >= 11 is 0. The first-order valence-corrected chi connectivity index (χ1v) is 9.25. The molecule has 1 saturated carbocycles. The predicted octanol–water partition coefficient (Wildman–Crippen LogP) is 1.92. The number of carbonyl (C=O) groups is 2. The average molecular weight is 353 g/mol. The van der Waals surface area contributed by atoms with Crippen LogP contribution in [0.1, 0.15) is 35.2 Å². The van der Waals surface area contributed by atoms with Crippen LogP contribution in [0.5, 0.6) is 0 Å². The molecule has 1 aliphatic carbocycles. The summed E-state index contributed by atoms with van der Waals surface area (Å²) in [7, 11) is 0. The Morgan fingerprint density at radius 1 is 1.04 bits per heavy atom. The molecule has 0 radical (unpaired) electrons. The van der Waals surface area contributed by atoms with Crippen LogP contribution in [0.15, 0.2) is 29.1 Å². The van der Waals surface area contributed by atoms with E-state index in [0.29, 0.717) is 37.3 Å². The van der Waals surface area contributed by atoms with E-state index < -0.39 is 0 Å². The van der Waals surface area contributed by atoms with Gasteiger partial charge in [0.25, 0.3) is 5.91 Å². The highest BCUT2D eigenvalue weighted by molar-refractivity contribution is 6.06. The maximum absolute atomic E-state index is 13.1. The van der Waals surface area contributed by atoms with Crippen molar-refractivity contribution in [2.45, 2.75) is 26.2 Å². The number of aromatic amines is 1. The van der Waals surface area contributed by atoms with E-state index in [9.17, 15) is 14.4 Å². The lowest BCUT2D eigenvalue weighted by atomic mass is 10.1. The first-order valence-electron chi connectivity index (χ1n) is 9.25. The molecule has 0 bridgehead atoms. The molecule has 2 heterocycles. The molecule has 0 spiro atoms. The first-order chi connectivity index (χ1) is 12.5. The molecule has 1 aromatic heterocycles. The van der Waals surface area contributed by atoms with Crippen LogP contribution in [0.4, 0.5) is 0 Å². The van der Waals surface area contributed by atoms with Gasteiger partial charge in [-0.1, -0.05) is 11.6 Å². The van der Waals surface area contributed by atoms with Gasteiger partial charge in [-0.15, -0.1) is 0 Å². The maximum Gasteiger partial charge on any atom is 0.254 e. The number of hydrogen-bond donors (Lipinski definition) is 1. The number of hydrogen-bond acceptors (Lipinski definition) is 3. The van der Waals surface area contributed by atoms with Crippen LogP contribution >= 0.6 is 0 Å². The number of pyridine rings is 1. The Kier molecular flexibility index (Phi) is 4.26. The Bertz CT molecular complexity index is 930. The number of aryl methyl sites for hydroxylation is 1. The molecule has 4 rings (SSSR count). The number of carbonyl (C=O) groups excluding carboxylic acids is 2. The van der Waals surface area contributed by atoms with Crippen LogP contribution in [0, 0.1) is 12.8 Å². The van der Waals surface area contributed by atoms with Crippen LogP contribution in [0.25, 0.3) is 10.9 Å². The molecule has 1 aromatic carbocycles. The lowest BCUT2D eigenvalue weighted by Crippen LogP contribution is -2.38. The van der Waals surface area contributed by atoms with Crippen molar-refractivity contribution in [3.63, 3.8) is 0 Å². The number of aromatic nitrogens is 1. The van der Waals surface area contributed by atoms with Gasteiger partial charge in [0.15, 0.2) is 0 Å². The molecular weight excluding hydrogens is 330 g/mol. The van der Waals surface area contributed by atoms with Crippen molar-refractivity contribution in [3.8, 4) is 0 Å². The summed E-state index contributed by atoms with van der Waals surface area (Å²) in [5, 5.41) is 0.768. The largest absolute Gasteiger partial charge is 0.341 e. The lowest BCUT2D eigenvalue weighted by Gasteiger charge is -2.22. The Hall–Kier alpha value is -2.63. The van der Waals surface area contributed by atoms with E-state index in [0.717, 1.165) is 30.2 Å². The lowest BCUT2D eigenvalue weighted by molar-refractivity contribution is -0.132. The third-order valence-corrected chi connectivity index (χ3v) is 5.25. The summed E-state index contributed by atoms with van der Waals surface area (Å²) in [6.45, 7) is 4.35. The fourth-order valence-electron chi connectivity index (χ4n) is 3.64. The molecule has 2 fully saturated rings. The number of fused-ring (bicyclic) bond motifs is 1. The molecule has 0 unspecified atom stereocenters. The van der Waals surface area contributed by atoms with Crippen molar-refractivity contribution in [2.75, 3.05) is 26.2 Å². The van der Waals surface area contributed by atoms with E-state index in [1.807, 2.05) is 30.0 Å². The van der Waals surface area contributed by atoms with Gasteiger partial charge in [0, 0.05) is 49.1 Å². The number of nitrogens with zero attached hydrogens (tertiary/aromatic N) is 2. The summed E-state index contributed by atoms with van der Waals surface area (Å²) in [5.74, 6) is 0.306. The normalized spacial score (nSPS) is 18.0. The van der Waals surface area contributed by atoms with Gasteiger partial charge in [0.2, 0.25) is 11.5 Å². The van der Waals surface area contributed by atoms with Gasteiger partial charge in [-0.05, 0) is 38.3 Å². The van der Waals surface area contributed by atoms with E-state index in [2.05, 4.69) is 4.98 Å². The number of amides is 2.